The number of hydrogen-bond acceptors (Lipinski definition) is 3. The fourth-order valence-electron chi connectivity index (χ4n) is 3.50. The van der Waals surface area contributed by atoms with E-state index in [0.29, 0.717) is 0 Å². The predicted molar refractivity (Wildman–Crippen MR) is 117 cm³/mol. The van der Waals surface area contributed by atoms with Gasteiger partial charge < -0.3 is 19.9 Å². The van der Waals surface area contributed by atoms with Gasteiger partial charge in [0, 0.05) is 41.6 Å². The summed E-state index contributed by atoms with van der Waals surface area (Å²) >= 11 is 0. The molecule has 3 aromatic rings. The molecule has 5 heteroatoms. The van der Waals surface area contributed by atoms with Gasteiger partial charge in [0.1, 0.15) is 5.75 Å². The normalized spacial score (nSPS) is 11.5. The Kier molecular flexibility index (Phi) is 5.63. The van der Waals surface area contributed by atoms with Gasteiger partial charge in [0.25, 0.3) is 0 Å². The number of H-pyrrole nitrogens is 1. The van der Waals surface area contributed by atoms with Gasteiger partial charge in [-0.3, -0.25) is 4.79 Å². The summed E-state index contributed by atoms with van der Waals surface area (Å²) < 4.78 is 5.35. The van der Waals surface area contributed by atoms with E-state index in [1.807, 2.05) is 62.5 Å². The highest BCUT2D eigenvalue weighted by Crippen LogP contribution is 2.33. The number of hydrogen-bond donors (Lipinski definition) is 2. The van der Waals surface area contributed by atoms with Gasteiger partial charge in [0.15, 0.2) is 0 Å². The summed E-state index contributed by atoms with van der Waals surface area (Å²) in [4.78, 5) is 18.6. The second-order valence-corrected chi connectivity index (χ2v) is 7.41. The molecule has 0 saturated carbocycles. The smallest absolute Gasteiger partial charge is 0.234 e. The van der Waals surface area contributed by atoms with Crippen LogP contribution in [0.1, 0.15) is 33.3 Å². The van der Waals surface area contributed by atoms with Gasteiger partial charge in [-0.15, -0.1) is 0 Å². The Morgan fingerprint density at radius 3 is 2.39 bits per heavy atom. The van der Waals surface area contributed by atoms with Crippen molar-refractivity contribution in [1.29, 1.82) is 0 Å². The van der Waals surface area contributed by atoms with Gasteiger partial charge in [-0.1, -0.05) is 0 Å². The molecule has 148 valence electrons. The number of aromatic nitrogens is 1. The summed E-state index contributed by atoms with van der Waals surface area (Å²) in [6.45, 7) is 10.1. The van der Waals surface area contributed by atoms with Crippen molar-refractivity contribution >= 4 is 28.2 Å². The van der Waals surface area contributed by atoms with E-state index in [-0.39, 0.29) is 5.91 Å². The van der Waals surface area contributed by atoms with E-state index in [4.69, 9.17) is 4.74 Å². The number of methoxy groups -OCH3 is 1. The van der Waals surface area contributed by atoms with Crippen LogP contribution in [0.5, 0.6) is 5.75 Å². The van der Waals surface area contributed by atoms with Gasteiger partial charge in [0.05, 0.1) is 12.5 Å². The van der Waals surface area contributed by atoms with E-state index in [9.17, 15) is 4.79 Å². The third-order valence-electron chi connectivity index (χ3n) is 5.38. The van der Waals surface area contributed by atoms with Crippen LogP contribution in [0.3, 0.4) is 0 Å². The number of rotatable bonds is 7. The first-order valence-corrected chi connectivity index (χ1v) is 9.72. The van der Waals surface area contributed by atoms with Gasteiger partial charge in [-0.2, -0.15) is 0 Å². The number of carbonyl (C=O) groups excluding carboxylic acids is 1. The largest absolute Gasteiger partial charge is 0.497 e. The number of benzene rings is 2. The van der Waals surface area contributed by atoms with Crippen LogP contribution in [-0.4, -0.2) is 31.1 Å². The fraction of sp³-hybridized carbons (Fsp3) is 0.348. The molecule has 3 rings (SSSR count). The first kappa shape index (κ1) is 19.8. The SMILES string of the molecule is CCN(CC)c1ccc(NC(=O)C(C)(C)c2c[nH]c3ccc(OC)cc23)cc1. The molecule has 0 unspecified atom stereocenters. The standard InChI is InChI=1S/C23H29N3O2/c1-6-26(7-2)17-10-8-16(9-11-17)25-22(27)23(3,4)20-15-24-21-13-12-18(28-5)14-19(20)21/h8-15,24H,6-7H2,1-5H3,(H,25,27). The number of amides is 1. The molecule has 1 heterocycles. The molecule has 1 amide bonds. The number of carbonyl (C=O) groups is 1. The molecular weight excluding hydrogens is 350 g/mol. The second-order valence-electron chi connectivity index (χ2n) is 7.41. The maximum atomic E-state index is 13.1. The monoisotopic (exact) mass is 379 g/mol. The summed E-state index contributed by atoms with van der Waals surface area (Å²) in [6, 6.07) is 13.9. The number of anilines is 2. The van der Waals surface area contributed by atoms with Crippen molar-refractivity contribution in [2.45, 2.75) is 33.1 Å². The van der Waals surface area contributed by atoms with E-state index < -0.39 is 5.41 Å². The Bertz CT molecular complexity index is 954. The number of ether oxygens (including phenoxy) is 1. The van der Waals surface area contributed by atoms with E-state index in [1.165, 1.54) is 0 Å². The zero-order valence-electron chi connectivity index (χ0n) is 17.3. The highest BCUT2D eigenvalue weighted by molar-refractivity contribution is 6.02. The number of nitrogens with zero attached hydrogens (tertiary/aromatic N) is 1. The first-order valence-electron chi connectivity index (χ1n) is 9.72. The maximum Gasteiger partial charge on any atom is 0.234 e. The van der Waals surface area contributed by atoms with Gasteiger partial charge in [-0.25, -0.2) is 0 Å². The van der Waals surface area contributed by atoms with Crippen molar-refractivity contribution in [3.8, 4) is 5.75 Å². The quantitative estimate of drug-likeness (QED) is 0.611. The van der Waals surface area contributed by atoms with Crippen molar-refractivity contribution in [1.82, 2.24) is 4.98 Å². The highest BCUT2D eigenvalue weighted by atomic mass is 16.5. The van der Waals surface area contributed by atoms with Crippen molar-refractivity contribution in [3.05, 3.63) is 54.2 Å². The van der Waals surface area contributed by atoms with Crippen LogP contribution in [0.15, 0.2) is 48.7 Å². The summed E-state index contributed by atoms with van der Waals surface area (Å²) in [5.74, 6) is 0.725. The molecule has 0 spiro atoms. The minimum absolute atomic E-state index is 0.0493. The third-order valence-corrected chi connectivity index (χ3v) is 5.38. The molecule has 1 aromatic heterocycles. The number of aromatic amines is 1. The van der Waals surface area contributed by atoms with Crippen LogP contribution in [0.4, 0.5) is 11.4 Å². The van der Waals surface area contributed by atoms with Crippen LogP contribution in [-0.2, 0) is 10.2 Å². The van der Waals surface area contributed by atoms with Gasteiger partial charge in [0.2, 0.25) is 5.91 Å². The van der Waals surface area contributed by atoms with Crippen LogP contribution >= 0.6 is 0 Å². The van der Waals surface area contributed by atoms with Crippen molar-refractivity contribution in [2.75, 3.05) is 30.4 Å². The zero-order valence-corrected chi connectivity index (χ0v) is 17.3. The average molecular weight is 380 g/mol. The zero-order chi connectivity index (χ0) is 20.3. The topological polar surface area (TPSA) is 57.4 Å². The van der Waals surface area contributed by atoms with Crippen LogP contribution in [0.25, 0.3) is 10.9 Å². The molecule has 0 aliphatic carbocycles. The lowest BCUT2D eigenvalue weighted by atomic mass is 9.83. The lowest BCUT2D eigenvalue weighted by Crippen LogP contribution is -2.34. The molecule has 0 fully saturated rings. The summed E-state index contributed by atoms with van der Waals surface area (Å²) in [5, 5.41) is 4.06. The van der Waals surface area contributed by atoms with E-state index in [0.717, 1.165) is 46.7 Å². The minimum Gasteiger partial charge on any atom is -0.497 e. The van der Waals surface area contributed by atoms with Gasteiger partial charge >= 0.3 is 0 Å². The molecule has 5 nitrogen and oxygen atoms in total. The molecule has 2 aromatic carbocycles. The molecule has 0 atom stereocenters. The van der Waals surface area contributed by atoms with E-state index in [1.54, 1.807) is 7.11 Å². The number of nitrogens with one attached hydrogen (secondary N) is 2. The molecule has 0 radical (unpaired) electrons. The van der Waals surface area contributed by atoms with Crippen molar-refractivity contribution < 1.29 is 9.53 Å². The second kappa shape index (κ2) is 7.97. The Balaban J connectivity index is 1.83. The fourth-order valence-corrected chi connectivity index (χ4v) is 3.50. The Hall–Kier alpha value is -2.95. The summed E-state index contributed by atoms with van der Waals surface area (Å²) in [5.41, 5.74) is 3.18. The minimum atomic E-state index is -0.706. The Morgan fingerprint density at radius 1 is 1.11 bits per heavy atom. The first-order chi connectivity index (χ1) is 13.4. The molecule has 28 heavy (non-hydrogen) atoms. The van der Waals surface area contributed by atoms with Crippen molar-refractivity contribution in [2.24, 2.45) is 0 Å². The summed E-state index contributed by atoms with van der Waals surface area (Å²) in [6.07, 6.45) is 1.91. The van der Waals surface area contributed by atoms with Gasteiger partial charge in [-0.05, 0) is 75.7 Å². The summed E-state index contributed by atoms with van der Waals surface area (Å²) in [7, 11) is 1.65. The lowest BCUT2D eigenvalue weighted by Gasteiger charge is -2.24. The third kappa shape index (κ3) is 3.70. The molecular formula is C23H29N3O2. The van der Waals surface area contributed by atoms with Crippen LogP contribution in [0.2, 0.25) is 0 Å². The molecule has 0 saturated heterocycles. The molecule has 0 aliphatic heterocycles. The van der Waals surface area contributed by atoms with Crippen LogP contribution < -0.4 is 15.0 Å². The highest BCUT2D eigenvalue weighted by Gasteiger charge is 2.32. The average Bonchev–Trinajstić information content (AvgIpc) is 3.14. The molecule has 2 N–H and O–H groups in total. The molecule has 0 aliphatic rings. The maximum absolute atomic E-state index is 13.1. The van der Waals surface area contributed by atoms with Crippen molar-refractivity contribution in [3.63, 3.8) is 0 Å². The Labute approximate surface area is 166 Å². The van der Waals surface area contributed by atoms with Crippen LogP contribution in [0, 0.1) is 0 Å². The predicted octanol–water partition coefficient (Wildman–Crippen LogP) is 4.94. The Morgan fingerprint density at radius 2 is 1.79 bits per heavy atom. The van der Waals surface area contributed by atoms with E-state index >= 15 is 0 Å². The lowest BCUT2D eigenvalue weighted by molar-refractivity contribution is -0.120. The number of fused-ring (bicyclic) bond motifs is 1. The molecule has 0 bridgehead atoms. The van der Waals surface area contributed by atoms with E-state index in [2.05, 4.69) is 29.0 Å².